The molecule has 96 heavy (non-hydrogen) atoms. The van der Waals surface area contributed by atoms with Gasteiger partial charge in [-0.2, -0.15) is 0 Å². The number of para-hydroxylation sites is 1. The summed E-state index contributed by atoms with van der Waals surface area (Å²) in [5.74, 6) is -15.3. The van der Waals surface area contributed by atoms with Crippen molar-refractivity contribution in [1.29, 1.82) is 0 Å². The van der Waals surface area contributed by atoms with Crippen molar-refractivity contribution >= 4 is 93.7 Å². The predicted molar refractivity (Wildman–Crippen MR) is 345 cm³/mol. The first kappa shape index (κ1) is 80.6. The molecule has 25 N–H and O–H groups in total. The number of rotatable bonds is 42. The number of aliphatic carboxylic acids is 2. The van der Waals surface area contributed by atoms with Crippen LogP contribution >= 0.6 is 0 Å². The van der Waals surface area contributed by atoms with E-state index in [1.165, 1.54) is 13.8 Å². The Morgan fingerprint density at radius 3 is 1.36 bits per heavy atom. The van der Waals surface area contributed by atoms with Crippen LogP contribution in [0, 0.1) is 11.8 Å². The molecule has 0 unspecified atom stereocenters. The number of benzene rings is 2. The van der Waals surface area contributed by atoms with E-state index in [0.29, 0.717) is 22.0 Å². The van der Waals surface area contributed by atoms with Gasteiger partial charge in [0.05, 0.1) is 25.8 Å². The smallest absolute Gasteiger partial charge is 0.325 e. The van der Waals surface area contributed by atoms with Gasteiger partial charge in [0.2, 0.25) is 70.9 Å². The number of hydrogen-bond acceptors (Lipinski definition) is 20. The van der Waals surface area contributed by atoms with Crippen LogP contribution < -0.4 is 86.7 Å². The molecule has 2 aromatic carbocycles. The average molecular weight is 1350 g/mol. The summed E-state index contributed by atoms with van der Waals surface area (Å²) >= 11 is 0. The highest BCUT2D eigenvalue weighted by Gasteiger charge is 2.37. The first-order chi connectivity index (χ1) is 45.4. The molecule has 0 aliphatic heterocycles. The van der Waals surface area contributed by atoms with E-state index < -0.39 is 194 Å². The lowest BCUT2D eigenvalue weighted by molar-refractivity contribution is -0.142. The van der Waals surface area contributed by atoms with Crippen molar-refractivity contribution in [2.45, 2.75) is 159 Å². The first-order valence-electron chi connectivity index (χ1n) is 31.1. The first-order valence-corrected chi connectivity index (χ1v) is 31.1. The van der Waals surface area contributed by atoms with Crippen LogP contribution in [0.2, 0.25) is 0 Å². The summed E-state index contributed by atoms with van der Waals surface area (Å²) in [6.07, 6.45) is -0.833. The number of carboxylic acids is 2. The Kier molecular flexibility index (Phi) is 34.0. The number of aromatic nitrogens is 1. The topological polar surface area (TPSA) is 584 Å². The van der Waals surface area contributed by atoms with Crippen molar-refractivity contribution in [3.05, 3.63) is 71.9 Å². The lowest BCUT2D eigenvalue weighted by Crippen LogP contribution is -2.62. The fourth-order valence-electron chi connectivity index (χ4n) is 9.32. The number of nitrogens with one attached hydrogen (secondary N) is 13. The second-order valence-electron chi connectivity index (χ2n) is 23.3. The Morgan fingerprint density at radius 1 is 0.438 bits per heavy atom. The molecule has 0 bridgehead atoms. The summed E-state index contributed by atoms with van der Waals surface area (Å²) in [5, 5.41) is 69.1. The summed E-state index contributed by atoms with van der Waals surface area (Å²) < 4.78 is 0. The van der Waals surface area contributed by atoms with Crippen LogP contribution in [0.25, 0.3) is 10.9 Å². The number of amides is 12. The Hall–Kier alpha value is -9.68. The van der Waals surface area contributed by atoms with E-state index in [1.54, 1.807) is 88.5 Å². The van der Waals surface area contributed by atoms with Gasteiger partial charge in [-0.15, -0.1) is 0 Å². The number of carbonyl (C=O) groups excluding carboxylic acids is 12. The van der Waals surface area contributed by atoms with Gasteiger partial charge in [0.1, 0.15) is 66.5 Å². The minimum Gasteiger partial charge on any atom is -0.481 e. The van der Waals surface area contributed by atoms with Crippen molar-refractivity contribution in [2.24, 2.45) is 34.8 Å². The molecular weight excluding hydrogens is 1260 g/mol. The summed E-state index contributed by atoms with van der Waals surface area (Å²) in [7, 11) is 0. The van der Waals surface area contributed by atoms with E-state index in [-0.39, 0.29) is 57.7 Å². The maximum atomic E-state index is 14.4. The number of hydrogen-bond donors (Lipinski definition) is 21. The highest BCUT2D eigenvalue weighted by atomic mass is 16.4. The monoisotopic (exact) mass is 1350 g/mol. The minimum atomic E-state index is -1.85. The summed E-state index contributed by atoms with van der Waals surface area (Å²) in [5.41, 5.74) is 24.9. The van der Waals surface area contributed by atoms with Gasteiger partial charge in [0.25, 0.3) is 0 Å². The molecule has 1 aromatic heterocycles. The number of nitrogens with two attached hydrogens (primary N) is 4. The lowest BCUT2D eigenvalue weighted by atomic mass is 10.0. The molecule has 12 atom stereocenters. The molecule has 0 aliphatic rings. The molecular formula is C61H93N17O18. The van der Waals surface area contributed by atoms with Gasteiger partial charge in [0.15, 0.2) is 0 Å². The quantitative estimate of drug-likeness (QED) is 0.0251. The van der Waals surface area contributed by atoms with Gasteiger partial charge < -0.3 is 112 Å². The molecule has 35 heteroatoms. The van der Waals surface area contributed by atoms with Gasteiger partial charge in [-0.3, -0.25) is 67.1 Å². The van der Waals surface area contributed by atoms with E-state index in [2.05, 4.69) is 68.8 Å². The van der Waals surface area contributed by atoms with Crippen LogP contribution in [-0.4, -0.2) is 220 Å². The maximum absolute atomic E-state index is 14.4. The SMILES string of the molecule is CC(C)[C@H](NC(=O)[C@H](CCC(=O)O)NC(=O)[C@H](Cc1ccccc1)NC(=O)[C@@H](CCN)NC(=O)[C@H](CCN)NC(=O)[C@H](CO)NC(=O)[C@@H](Cc1c[nH]c2ccccc12)NC(=O)[C@@H](CO)NC(=O)CNC(=O)[C@@H](CCN)NC(=O)[C@H](N)C(C)C)C(=O)N[C@H](C)C(=O)N[C@@H](C)C(=O)O. The van der Waals surface area contributed by atoms with Crippen molar-refractivity contribution in [1.82, 2.24) is 68.8 Å². The number of aliphatic hydroxyl groups is 2. The largest absolute Gasteiger partial charge is 0.481 e. The average Bonchev–Trinajstić information content (AvgIpc) is 1.73. The number of carbonyl (C=O) groups is 14. The van der Waals surface area contributed by atoms with Gasteiger partial charge in [-0.05, 0) is 88.2 Å². The normalized spacial score (nSPS) is 14.9. The molecule has 12 amide bonds. The third-order valence-electron chi connectivity index (χ3n) is 15.0. The Labute approximate surface area is 553 Å². The van der Waals surface area contributed by atoms with E-state index >= 15 is 0 Å². The van der Waals surface area contributed by atoms with Crippen molar-refractivity contribution in [2.75, 3.05) is 39.4 Å². The zero-order valence-electron chi connectivity index (χ0n) is 54.4. The molecule has 0 saturated carbocycles. The van der Waals surface area contributed by atoms with Gasteiger partial charge >= 0.3 is 11.9 Å². The molecule has 1 heterocycles. The zero-order chi connectivity index (χ0) is 71.9. The zero-order valence-corrected chi connectivity index (χ0v) is 54.4. The Bertz CT molecular complexity index is 3170. The van der Waals surface area contributed by atoms with E-state index in [1.807, 2.05) is 0 Å². The van der Waals surface area contributed by atoms with Gasteiger partial charge in [-0.25, -0.2) is 0 Å². The Morgan fingerprint density at radius 2 is 0.865 bits per heavy atom. The van der Waals surface area contributed by atoms with E-state index in [0.717, 1.165) is 0 Å². The van der Waals surface area contributed by atoms with E-state index in [9.17, 15) is 87.5 Å². The van der Waals surface area contributed by atoms with Crippen LogP contribution in [-0.2, 0) is 80.0 Å². The molecule has 0 radical (unpaired) electrons. The second kappa shape index (κ2) is 40.5. The third-order valence-corrected chi connectivity index (χ3v) is 15.0. The molecule has 35 nitrogen and oxygen atoms in total. The lowest BCUT2D eigenvalue weighted by Gasteiger charge is -2.28. The number of fused-ring (bicyclic) bond motifs is 1. The van der Waals surface area contributed by atoms with Crippen LogP contribution in [0.4, 0.5) is 0 Å². The summed E-state index contributed by atoms with van der Waals surface area (Å²) in [4.78, 5) is 190. The van der Waals surface area contributed by atoms with Gasteiger partial charge in [0, 0.05) is 36.4 Å². The summed E-state index contributed by atoms with van der Waals surface area (Å²) in [6.45, 7) is 5.54. The van der Waals surface area contributed by atoms with Crippen LogP contribution in [0.15, 0.2) is 60.8 Å². The van der Waals surface area contributed by atoms with Crippen molar-refractivity contribution < 1.29 is 87.5 Å². The highest BCUT2D eigenvalue weighted by Crippen LogP contribution is 2.20. The summed E-state index contributed by atoms with van der Waals surface area (Å²) in [6, 6.07) is -2.69. The number of carboxylic acid groups (broad SMARTS) is 2. The molecule has 0 spiro atoms. The molecule has 0 saturated heterocycles. The molecule has 0 fully saturated rings. The predicted octanol–water partition coefficient (Wildman–Crippen LogP) is -6.94. The van der Waals surface area contributed by atoms with Crippen molar-refractivity contribution in [3.8, 4) is 0 Å². The van der Waals surface area contributed by atoms with Crippen molar-refractivity contribution in [3.63, 3.8) is 0 Å². The molecule has 3 aromatic rings. The van der Waals surface area contributed by atoms with Crippen LogP contribution in [0.3, 0.4) is 0 Å². The number of aliphatic hydroxyl groups excluding tert-OH is 2. The van der Waals surface area contributed by atoms with Gasteiger partial charge in [-0.1, -0.05) is 76.2 Å². The standard InChI is InChI=1S/C61H93N17O18/c1-30(2)48(65)59(93)74-39(18-21-62)51(85)67-27-46(81)70-44(28-79)57(91)76-43(25-35-26-66-37-15-11-10-14-36(35)37)56(90)77-45(29-80)58(92)73-40(19-22-63)52(86)72-41(20-23-64)53(87)75-42(24-34-12-8-7-9-13-34)55(89)71-38(16-17-47(82)83)54(88)78-49(31(3)4)60(94)68-32(5)50(84)69-33(6)61(95)96/h7-15,26,30-33,38-45,48-49,66,79-80H,16-25,27-29,62-65H2,1-6H3,(H,67,85)(H,68,94)(H,69,84)(H,70,81)(H,71,89)(H,72,86)(H,73,92)(H,74,93)(H,75,87)(H,76,91)(H,77,90)(H,78,88)(H,82,83)(H,95,96)/t32-,33+,38+,39-,40+,41-,42+,43-,44-,45+,48-,49+/m1/s1. The fourth-order valence-corrected chi connectivity index (χ4v) is 9.32. The molecule has 3 rings (SSSR count). The third kappa shape index (κ3) is 26.3. The van der Waals surface area contributed by atoms with Crippen LogP contribution in [0.1, 0.15) is 84.8 Å². The Balaban J connectivity index is 1.85. The number of aromatic amines is 1. The number of H-pyrrole nitrogens is 1. The van der Waals surface area contributed by atoms with E-state index in [4.69, 9.17) is 22.9 Å². The minimum absolute atomic E-state index is 0.0236. The fraction of sp³-hybridized carbons (Fsp3) is 0.541. The van der Waals surface area contributed by atoms with Crippen LogP contribution in [0.5, 0.6) is 0 Å². The molecule has 530 valence electrons. The maximum Gasteiger partial charge on any atom is 0.325 e. The molecule has 0 aliphatic carbocycles. The highest BCUT2D eigenvalue weighted by molar-refractivity contribution is 6.00. The second-order valence-corrected chi connectivity index (χ2v) is 23.3.